The molecule has 144 valence electrons. The predicted octanol–water partition coefficient (Wildman–Crippen LogP) is 6.84. The molecule has 6 heteroatoms. The second kappa shape index (κ2) is 8.68. The molecule has 0 radical (unpaired) electrons. The molecule has 4 rings (SSSR count). The van der Waals surface area contributed by atoms with Crippen molar-refractivity contribution in [3.8, 4) is 11.3 Å². The topological polar surface area (TPSA) is 43.1 Å². The van der Waals surface area contributed by atoms with Crippen LogP contribution >= 0.6 is 23.4 Å². The number of hydrogen-bond donors (Lipinski definition) is 0. The van der Waals surface area contributed by atoms with Crippen molar-refractivity contribution in [1.82, 2.24) is 4.98 Å². The van der Waals surface area contributed by atoms with E-state index in [1.54, 1.807) is 6.26 Å². The lowest BCUT2D eigenvalue weighted by Crippen LogP contribution is -1.92. The number of hydrogen-bond acceptors (Lipinski definition) is 4. The molecule has 0 spiro atoms. The Morgan fingerprint density at radius 3 is 2.46 bits per heavy atom. The first-order valence-corrected chi connectivity index (χ1v) is 11.9. The molecular formula is C22H20ClNO2S2. The summed E-state index contributed by atoms with van der Waals surface area (Å²) >= 11 is 7.55. The van der Waals surface area contributed by atoms with Gasteiger partial charge in [-0.25, -0.2) is 4.98 Å². The lowest BCUT2D eigenvalue weighted by atomic mass is 10.00. The van der Waals surface area contributed by atoms with E-state index in [4.69, 9.17) is 21.0 Å². The summed E-state index contributed by atoms with van der Waals surface area (Å²) in [5, 5.41) is 1.47. The van der Waals surface area contributed by atoms with Crippen molar-refractivity contribution in [2.24, 2.45) is 0 Å². The molecule has 1 aliphatic carbocycles. The van der Waals surface area contributed by atoms with Gasteiger partial charge in [0.05, 0.1) is 0 Å². The molecule has 3 aromatic rings. The number of benzene rings is 2. The third-order valence-electron chi connectivity index (χ3n) is 4.65. The molecule has 2 aromatic carbocycles. The Morgan fingerprint density at radius 1 is 1.07 bits per heavy atom. The van der Waals surface area contributed by atoms with Gasteiger partial charge in [-0.15, -0.1) is 0 Å². The Balaban J connectivity index is 1.73. The van der Waals surface area contributed by atoms with Gasteiger partial charge in [0.15, 0.2) is 5.09 Å². The highest BCUT2D eigenvalue weighted by Crippen LogP contribution is 2.39. The van der Waals surface area contributed by atoms with Gasteiger partial charge in [0, 0.05) is 43.0 Å². The SMILES string of the molecule is CS(=O)c1ccc(-c2nc(C3=CCCCC3)oc2Sc2ccc(Cl)cc2)cc1. The van der Waals surface area contributed by atoms with Crippen LogP contribution in [0.25, 0.3) is 16.8 Å². The van der Waals surface area contributed by atoms with Gasteiger partial charge in [0.2, 0.25) is 5.89 Å². The molecular weight excluding hydrogens is 410 g/mol. The van der Waals surface area contributed by atoms with Crippen molar-refractivity contribution >= 4 is 39.7 Å². The smallest absolute Gasteiger partial charge is 0.223 e. The van der Waals surface area contributed by atoms with Crippen LogP contribution in [0, 0.1) is 0 Å². The summed E-state index contributed by atoms with van der Waals surface area (Å²) < 4.78 is 17.9. The predicted molar refractivity (Wildman–Crippen MR) is 116 cm³/mol. The van der Waals surface area contributed by atoms with Crippen LogP contribution in [0.15, 0.2) is 73.9 Å². The van der Waals surface area contributed by atoms with Crippen molar-refractivity contribution in [3.05, 3.63) is 65.5 Å². The lowest BCUT2D eigenvalue weighted by molar-refractivity contribution is 0.455. The largest absolute Gasteiger partial charge is 0.429 e. The fraction of sp³-hybridized carbons (Fsp3) is 0.227. The minimum atomic E-state index is -1.00. The van der Waals surface area contributed by atoms with E-state index >= 15 is 0 Å². The number of aromatic nitrogens is 1. The summed E-state index contributed by atoms with van der Waals surface area (Å²) in [6.45, 7) is 0. The fourth-order valence-electron chi connectivity index (χ4n) is 3.14. The monoisotopic (exact) mass is 429 g/mol. The van der Waals surface area contributed by atoms with E-state index in [0.717, 1.165) is 39.0 Å². The van der Waals surface area contributed by atoms with E-state index in [1.165, 1.54) is 30.2 Å². The number of allylic oxidation sites excluding steroid dienone is 2. The first-order valence-electron chi connectivity index (χ1n) is 9.17. The summed E-state index contributed by atoms with van der Waals surface area (Å²) in [4.78, 5) is 6.67. The van der Waals surface area contributed by atoms with Crippen molar-refractivity contribution in [3.63, 3.8) is 0 Å². The lowest BCUT2D eigenvalue weighted by Gasteiger charge is -2.08. The highest BCUT2D eigenvalue weighted by atomic mass is 35.5. The van der Waals surface area contributed by atoms with Crippen LogP contribution in [-0.4, -0.2) is 15.4 Å². The van der Waals surface area contributed by atoms with Gasteiger partial charge in [-0.1, -0.05) is 29.8 Å². The summed E-state index contributed by atoms with van der Waals surface area (Å²) in [7, 11) is -1.00. The van der Waals surface area contributed by atoms with Gasteiger partial charge in [-0.3, -0.25) is 4.21 Å². The van der Waals surface area contributed by atoms with Crippen LogP contribution < -0.4 is 0 Å². The second-order valence-corrected chi connectivity index (χ2v) is 9.53. The molecule has 0 amide bonds. The van der Waals surface area contributed by atoms with E-state index in [9.17, 15) is 4.21 Å². The van der Waals surface area contributed by atoms with E-state index in [0.29, 0.717) is 10.9 Å². The van der Waals surface area contributed by atoms with Crippen LogP contribution in [0.5, 0.6) is 0 Å². The van der Waals surface area contributed by atoms with E-state index in [1.807, 2.05) is 48.5 Å². The molecule has 1 aliphatic rings. The maximum atomic E-state index is 11.7. The molecule has 1 aromatic heterocycles. The van der Waals surface area contributed by atoms with Gasteiger partial charge < -0.3 is 4.42 Å². The van der Waals surface area contributed by atoms with Gasteiger partial charge in [0.1, 0.15) is 5.69 Å². The normalized spacial score (nSPS) is 15.3. The standard InChI is InChI=1S/C22H20ClNO2S2/c1-28(25)19-13-7-15(8-14-19)20-22(27-18-11-9-17(23)10-12-18)26-21(24-20)16-5-3-2-4-6-16/h5,7-14H,2-4,6H2,1H3. The Morgan fingerprint density at radius 2 is 1.82 bits per heavy atom. The molecule has 0 aliphatic heterocycles. The molecule has 0 fully saturated rings. The zero-order valence-corrected chi connectivity index (χ0v) is 17.9. The zero-order valence-electron chi connectivity index (χ0n) is 15.5. The molecule has 28 heavy (non-hydrogen) atoms. The van der Waals surface area contributed by atoms with E-state index in [-0.39, 0.29) is 0 Å². The van der Waals surface area contributed by atoms with Crippen LogP contribution in [0.2, 0.25) is 5.02 Å². The third-order valence-corrected chi connectivity index (χ3v) is 6.80. The number of halogens is 1. The molecule has 0 N–H and O–H groups in total. The van der Waals surface area contributed by atoms with Gasteiger partial charge in [-0.05, 0) is 73.8 Å². The van der Waals surface area contributed by atoms with E-state index < -0.39 is 10.8 Å². The number of nitrogens with zero attached hydrogens (tertiary/aromatic N) is 1. The molecule has 0 bridgehead atoms. The second-order valence-electron chi connectivity index (χ2n) is 6.66. The van der Waals surface area contributed by atoms with Gasteiger partial charge in [0.25, 0.3) is 0 Å². The Kier molecular flexibility index (Phi) is 6.04. The first kappa shape index (κ1) is 19.5. The Hall–Kier alpha value is -1.82. The molecule has 1 heterocycles. The van der Waals surface area contributed by atoms with Crippen LogP contribution in [-0.2, 0) is 10.8 Å². The Bertz CT molecular complexity index is 1020. The molecule has 3 nitrogen and oxygen atoms in total. The highest BCUT2D eigenvalue weighted by molar-refractivity contribution is 7.99. The van der Waals surface area contributed by atoms with Crippen molar-refractivity contribution < 1.29 is 8.63 Å². The molecule has 0 saturated carbocycles. The maximum absolute atomic E-state index is 11.7. The fourth-order valence-corrected chi connectivity index (χ4v) is 4.65. The average molecular weight is 430 g/mol. The number of oxazole rings is 1. The minimum Gasteiger partial charge on any atom is -0.429 e. The van der Waals surface area contributed by atoms with Gasteiger partial charge in [-0.2, -0.15) is 0 Å². The van der Waals surface area contributed by atoms with Crippen molar-refractivity contribution in [2.45, 2.75) is 40.6 Å². The summed E-state index contributed by atoms with van der Waals surface area (Å²) in [5.74, 6) is 0.703. The average Bonchev–Trinajstić information content (AvgIpc) is 3.14. The third kappa shape index (κ3) is 4.43. The Labute approximate surface area is 176 Å². The van der Waals surface area contributed by atoms with Crippen molar-refractivity contribution in [1.29, 1.82) is 0 Å². The van der Waals surface area contributed by atoms with Crippen LogP contribution in [0.4, 0.5) is 0 Å². The van der Waals surface area contributed by atoms with Crippen LogP contribution in [0.3, 0.4) is 0 Å². The van der Waals surface area contributed by atoms with E-state index in [2.05, 4.69) is 6.08 Å². The number of rotatable bonds is 5. The highest BCUT2D eigenvalue weighted by Gasteiger charge is 2.20. The quantitative estimate of drug-likeness (QED) is 0.445. The summed E-state index contributed by atoms with van der Waals surface area (Å²) in [6.07, 6.45) is 8.38. The maximum Gasteiger partial charge on any atom is 0.223 e. The van der Waals surface area contributed by atoms with Crippen molar-refractivity contribution in [2.75, 3.05) is 6.26 Å². The van der Waals surface area contributed by atoms with Crippen LogP contribution in [0.1, 0.15) is 31.6 Å². The summed E-state index contributed by atoms with van der Waals surface area (Å²) in [5.41, 5.74) is 2.95. The molecule has 1 atom stereocenters. The van der Waals surface area contributed by atoms with Gasteiger partial charge >= 0.3 is 0 Å². The summed E-state index contributed by atoms with van der Waals surface area (Å²) in [6, 6.07) is 15.4. The first-order chi connectivity index (χ1) is 13.6. The zero-order chi connectivity index (χ0) is 19.5. The molecule has 0 saturated heterocycles. The minimum absolute atomic E-state index is 0.703. The molecule has 1 unspecified atom stereocenters.